The first-order chi connectivity index (χ1) is 11.1. The Labute approximate surface area is 152 Å². The van der Waals surface area contributed by atoms with Gasteiger partial charge in [0.05, 0.1) is 6.04 Å². The van der Waals surface area contributed by atoms with Crippen molar-refractivity contribution in [3.8, 4) is 0 Å². The second-order valence-electron chi connectivity index (χ2n) is 6.95. The molecule has 2 rings (SSSR count). The first-order valence-corrected chi connectivity index (χ1v) is 8.90. The molecule has 1 aromatic rings. The van der Waals surface area contributed by atoms with Crippen molar-refractivity contribution < 1.29 is 4.79 Å². The summed E-state index contributed by atoms with van der Waals surface area (Å²) in [6, 6.07) is 7.96. The first kappa shape index (κ1) is 20.9. The van der Waals surface area contributed by atoms with E-state index < -0.39 is 6.04 Å². The topological polar surface area (TPSA) is 58.4 Å². The standard InChI is InChI=1S/C19H31N3O.ClH/c1-15(2)18(20)19(23)21-13-16-9-5-6-10-17(16)14-22-11-7-3-4-8-12-22;/h5-6,9-10,15,18H,3-4,7-8,11-14,20H2,1-2H3,(H,21,23);1H/t18-;/m0./s1. The molecule has 1 atom stereocenters. The fraction of sp³-hybridized carbons (Fsp3) is 0.632. The van der Waals surface area contributed by atoms with Gasteiger partial charge in [0, 0.05) is 13.1 Å². The fourth-order valence-electron chi connectivity index (χ4n) is 3.02. The van der Waals surface area contributed by atoms with Crippen molar-refractivity contribution >= 4 is 18.3 Å². The summed E-state index contributed by atoms with van der Waals surface area (Å²) in [6.07, 6.45) is 5.28. The van der Waals surface area contributed by atoms with Gasteiger partial charge < -0.3 is 11.1 Å². The lowest BCUT2D eigenvalue weighted by Gasteiger charge is -2.22. The van der Waals surface area contributed by atoms with Crippen LogP contribution in [0, 0.1) is 5.92 Å². The van der Waals surface area contributed by atoms with Crippen molar-refractivity contribution in [2.24, 2.45) is 11.7 Å². The molecule has 0 spiro atoms. The number of carbonyl (C=O) groups excluding carboxylic acids is 1. The molecule has 0 aliphatic carbocycles. The van der Waals surface area contributed by atoms with Gasteiger partial charge in [-0.25, -0.2) is 0 Å². The molecule has 0 saturated carbocycles. The van der Waals surface area contributed by atoms with E-state index in [0.29, 0.717) is 6.54 Å². The van der Waals surface area contributed by atoms with E-state index in [0.717, 1.165) is 6.54 Å². The van der Waals surface area contributed by atoms with Crippen molar-refractivity contribution in [2.75, 3.05) is 13.1 Å². The van der Waals surface area contributed by atoms with Gasteiger partial charge in [0.1, 0.15) is 0 Å². The second-order valence-corrected chi connectivity index (χ2v) is 6.95. The normalized spacial score (nSPS) is 17.0. The Morgan fingerprint density at radius 1 is 1.12 bits per heavy atom. The molecule has 1 aliphatic rings. The van der Waals surface area contributed by atoms with Gasteiger partial charge in [-0.1, -0.05) is 51.0 Å². The van der Waals surface area contributed by atoms with Gasteiger partial charge in [0.2, 0.25) is 5.91 Å². The molecule has 0 bridgehead atoms. The largest absolute Gasteiger partial charge is 0.351 e. The zero-order chi connectivity index (χ0) is 16.7. The Kier molecular flexibility index (Phi) is 9.34. The molecule has 0 aromatic heterocycles. The first-order valence-electron chi connectivity index (χ1n) is 8.90. The smallest absolute Gasteiger partial charge is 0.237 e. The summed E-state index contributed by atoms with van der Waals surface area (Å²) in [7, 11) is 0. The highest BCUT2D eigenvalue weighted by Gasteiger charge is 2.17. The molecule has 1 heterocycles. The van der Waals surface area contributed by atoms with E-state index in [1.165, 1.54) is 49.9 Å². The highest BCUT2D eigenvalue weighted by molar-refractivity contribution is 5.85. The van der Waals surface area contributed by atoms with Crippen LogP contribution in [0.25, 0.3) is 0 Å². The summed E-state index contributed by atoms with van der Waals surface area (Å²) in [4.78, 5) is 14.6. The number of nitrogens with one attached hydrogen (secondary N) is 1. The highest BCUT2D eigenvalue weighted by atomic mass is 35.5. The average Bonchev–Trinajstić information content (AvgIpc) is 2.81. The third-order valence-electron chi connectivity index (χ3n) is 4.69. The Morgan fingerprint density at radius 2 is 1.71 bits per heavy atom. The van der Waals surface area contributed by atoms with Gasteiger partial charge in [-0.2, -0.15) is 0 Å². The molecule has 1 fully saturated rings. The summed E-state index contributed by atoms with van der Waals surface area (Å²) in [5, 5.41) is 2.99. The second kappa shape index (κ2) is 10.7. The number of amides is 1. The summed E-state index contributed by atoms with van der Waals surface area (Å²) in [5.74, 6) is 0.0897. The Morgan fingerprint density at radius 3 is 2.29 bits per heavy atom. The minimum Gasteiger partial charge on any atom is -0.351 e. The van der Waals surface area contributed by atoms with Crippen molar-refractivity contribution in [1.82, 2.24) is 10.2 Å². The van der Waals surface area contributed by atoms with Gasteiger partial charge in [-0.3, -0.25) is 9.69 Å². The number of halogens is 1. The summed E-state index contributed by atoms with van der Waals surface area (Å²) in [5.41, 5.74) is 8.42. The predicted molar refractivity (Wildman–Crippen MR) is 102 cm³/mol. The minimum absolute atomic E-state index is 0. The predicted octanol–water partition coefficient (Wildman–Crippen LogP) is 3.08. The van der Waals surface area contributed by atoms with Crippen molar-refractivity contribution in [3.63, 3.8) is 0 Å². The summed E-state index contributed by atoms with van der Waals surface area (Å²) in [6.45, 7) is 7.83. The fourth-order valence-corrected chi connectivity index (χ4v) is 3.02. The number of carbonyl (C=O) groups is 1. The molecule has 1 saturated heterocycles. The molecule has 4 nitrogen and oxygen atoms in total. The lowest BCUT2D eigenvalue weighted by Crippen LogP contribution is -2.43. The van der Waals surface area contributed by atoms with Crippen LogP contribution in [0.3, 0.4) is 0 Å². The van der Waals surface area contributed by atoms with E-state index in [1.54, 1.807) is 0 Å². The van der Waals surface area contributed by atoms with E-state index >= 15 is 0 Å². The quantitative estimate of drug-likeness (QED) is 0.826. The average molecular weight is 354 g/mol. The van der Waals surface area contributed by atoms with E-state index in [9.17, 15) is 4.79 Å². The molecule has 0 unspecified atom stereocenters. The van der Waals surface area contributed by atoms with E-state index in [-0.39, 0.29) is 24.2 Å². The van der Waals surface area contributed by atoms with Crippen LogP contribution in [0.15, 0.2) is 24.3 Å². The number of likely N-dealkylation sites (tertiary alicyclic amines) is 1. The number of rotatable bonds is 6. The maximum Gasteiger partial charge on any atom is 0.237 e. The highest BCUT2D eigenvalue weighted by Crippen LogP contribution is 2.16. The third kappa shape index (κ3) is 6.42. The van der Waals surface area contributed by atoms with Crippen LogP contribution in [0.4, 0.5) is 0 Å². The maximum absolute atomic E-state index is 12.1. The van der Waals surface area contributed by atoms with Crippen LogP contribution < -0.4 is 11.1 Å². The Bertz CT molecular complexity index is 499. The number of nitrogens with zero attached hydrogens (tertiary/aromatic N) is 1. The molecule has 3 N–H and O–H groups in total. The van der Waals surface area contributed by atoms with E-state index in [4.69, 9.17) is 5.73 Å². The zero-order valence-electron chi connectivity index (χ0n) is 15.0. The molecular weight excluding hydrogens is 322 g/mol. The summed E-state index contributed by atoms with van der Waals surface area (Å²) >= 11 is 0. The molecule has 5 heteroatoms. The van der Waals surface area contributed by atoms with Gasteiger partial charge in [-0.05, 0) is 43.0 Å². The Hall–Kier alpha value is -1.10. The number of hydrogen-bond donors (Lipinski definition) is 2. The van der Waals surface area contributed by atoms with Crippen LogP contribution in [-0.4, -0.2) is 29.9 Å². The van der Waals surface area contributed by atoms with Gasteiger partial charge in [0.15, 0.2) is 0 Å². The van der Waals surface area contributed by atoms with Gasteiger partial charge in [-0.15, -0.1) is 12.4 Å². The van der Waals surface area contributed by atoms with Crippen molar-refractivity contribution in [1.29, 1.82) is 0 Å². The summed E-state index contributed by atoms with van der Waals surface area (Å²) < 4.78 is 0. The molecule has 136 valence electrons. The van der Waals surface area contributed by atoms with E-state index in [1.807, 2.05) is 19.9 Å². The van der Waals surface area contributed by atoms with Crippen LogP contribution >= 0.6 is 12.4 Å². The lowest BCUT2D eigenvalue weighted by atomic mass is 10.0. The van der Waals surface area contributed by atoms with Crippen LogP contribution in [-0.2, 0) is 17.9 Å². The minimum atomic E-state index is -0.437. The van der Waals surface area contributed by atoms with E-state index in [2.05, 4.69) is 28.4 Å². The lowest BCUT2D eigenvalue weighted by molar-refractivity contribution is -0.123. The van der Waals surface area contributed by atoms with Crippen LogP contribution in [0.5, 0.6) is 0 Å². The monoisotopic (exact) mass is 353 g/mol. The molecule has 24 heavy (non-hydrogen) atoms. The number of nitrogens with two attached hydrogens (primary N) is 1. The number of benzene rings is 1. The Balaban J connectivity index is 0.00000288. The van der Waals surface area contributed by atoms with Crippen molar-refractivity contribution in [3.05, 3.63) is 35.4 Å². The zero-order valence-corrected chi connectivity index (χ0v) is 15.8. The van der Waals surface area contributed by atoms with Crippen molar-refractivity contribution in [2.45, 2.75) is 58.7 Å². The molecule has 1 aliphatic heterocycles. The van der Waals surface area contributed by atoms with Gasteiger partial charge in [0.25, 0.3) is 0 Å². The number of hydrogen-bond acceptors (Lipinski definition) is 3. The molecular formula is C19H32ClN3O. The molecule has 1 amide bonds. The molecule has 1 aromatic carbocycles. The molecule has 0 radical (unpaired) electrons. The van der Waals surface area contributed by atoms with Crippen LogP contribution in [0.2, 0.25) is 0 Å². The SMILES string of the molecule is CC(C)[C@H](N)C(=O)NCc1ccccc1CN1CCCCCC1.Cl. The van der Waals surface area contributed by atoms with Gasteiger partial charge >= 0.3 is 0 Å². The maximum atomic E-state index is 12.1. The third-order valence-corrected chi connectivity index (χ3v) is 4.69. The van der Waals surface area contributed by atoms with Crippen LogP contribution in [0.1, 0.15) is 50.7 Å².